The maximum absolute atomic E-state index is 14.0. The molecule has 0 aliphatic carbocycles. The van der Waals surface area contributed by atoms with Gasteiger partial charge in [-0.1, -0.05) is 6.07 Å². The molecule has 1 N–H and O–H groups in total. The lowest BCUT2D eigenvalue weighted by molar-refractivity contribution is -0.149. The quantitative estimate of drug-likeness (QED) is 0.892. The minimum absolute atomic E-state index is 0.233. The number of piperidine rings is 1. The Morgan fingerprint density at radius 2 is 2.20 bits per heavy atom. The van der Waals surface area contributed by atoms with E-state index in [1.165, 1.54) is 0 Å². The number of alkyl halides is 2. The fraction of sp³-hybridized carbons (Fsp3) is 0.571. The normalized spacial score (nSPS) is 29.6. The van der Waals surface area contributed by atoms with Crippen LogP contribution in [0.15, 0.2) is 24.4 Å². The summed E-state index contributed by atoms with van der Waals surface area (Å²) in [6.07, 6.45) is 1.79. The van der Waals surface area contributed by atoms with Gasteiger partial charge in [-0.15, -0.1) is 0 Å². The van der Waals surface area contributed by atoms with Gasteiger partial charge in [0.05, 0.1) is 17.7 Å². The number of aromatic nitrogens is 1. The van der Waals surface area contributed by atoms with Gasteiger partial charge in [-0.05, 0) is 18.6 Å². The molecule has 2 saturated heterocycles. The molecule has 0 radical (unpaired) electrons. The predicted octanol–water partition coefficient (Wildman–Crippen LogP) is 1.43. The molecule has 0 bridgehead atoms. The van der Waals surface area contributed by atoms with Gasteiger partial charge in [-0.3, -0.25) is 14.7 Å². The highest BCUT2D eigenvalue weighted by Gasteiger charge is 2.54. The number of hydrogen-bond donors (Lipinski definition) is 1. The molecule has 1 amide bonds. The predicted molar refractivity (Wildman–Crippen MR) is 69.1 cm³/mol. The van der Waals surface area contributed by atoms with Crippen molar-refractivity contribution in [3.63, 3.8) is 0 Å². The van der Waals surface area contributed by atoms with Crippen LogP contribution in [0.25, 0.3) is 0 Å². The number of nitrogens with one attached hydrogen (secondary N) is 1. The van der Waals surface area contributed by atoms with E-state index in [0.717, 1.165) is 5.69 Å². The second-order valence-corrected chi connectivity index (χ2v) is 5.79. The zero-order valence-electron chi connectivity index (χ0n) is 11.1. The van der Waals surface area contributed by atoms with Crippen LogP contribution in [0.5, 0.6) is 0 Å². The van der Waals surface area contributed by atoms with Crippen LogP contribution in [-0.4, -0.2) is 41.3 Å². The standard InChI is InChI=1S/C14H17F2N3O/c15-14(16)8-13(4-6-18-12(13)20)9-19(10-14)7-11-3-1-2-5-17-11/h1-3,5H,4,6-10H2,(H,18,20)/t13-/m1/s1. The number of halogens is 2. The van der Waals surface area contributed by atoms with Crippen LogP contribution in [0.2, 0.25) is 0 Å². The lowest BCUT2D eigenvalue weighted by Crippen LogP contribution is -2.54. The number of nitrogens with zero attached hydrogens (tertiary/aromatic N) is 2. The first-order valence-electron chi connectivity index (χ1n) is 6.78. The number of rotatable bonds is 2. The molecule has 1 spiro atoms. The molecule has 6 heteroatoms. The molecular formula is C14H17F2N3O. The number of carbonyl (C=O) groups excluding carboxylic acids is 1. The van der Waals surface area contributed by atoms with Crippen LogP contribution in [0.1, 0.15) is 18.5 Å². The van der Waals surface area contributed by atoms with Crippen molar-refractivity contribution >= 4 is 5.91 Å². The van der Waals surface area contributed by atoms with Crippen LogP contribution in [-0.2, 0) is 11.3 Å². The highest BCUT2D eigenvalue weighted by molar-refractivity contribution is 5.85. The van der Waals surface area contributed by atoms with Crippen molar-refractivity contribution in [3.05, 3.63) is 30.1 Å². The molecule has 0 aromatic carbocycles. The van der Waals surface area contributed by atoms with Gasteiger partial charge in [0.2, 0.25) is 5.91 Å². The van der Waals surface area contributed by atoms with Gasteiger partial charge in [0.15, 0.2) is 0 Å². The molecule has 1 aromatic rings. The third-order valence-corrected chi connectivity index (χ3v) is 4.06. The summed E-state index contributed by atoms with van der Waals surface area (Å²) in [7, 11) is 0. The number of hydrogen-bond acceptors (Lipinski definition) is 3. The Morgan fingerprint density at radius 1 is 1.35 bits per heavy atom. The van der Waals surface area contributed by atoms with Crippen molar-refractivity contribution in [1.82, 2.24) is 15.2 Å². The molecule has 2 aliphatic heterocycles. The molecule has 108 valence electrons. The summed E-state index contributed by atoms with van der Waals surface area (Å²) >= 11 is 0. The van der Waals surface area contributed by atoms with Crippen LogP contribution >= 0.6 is 0 Å². The summed E-state index contributed by atoms with van der Waals surface area (Å²) < 4.78 is 28.0. The molecular weight excluding hydrogens is 264 g/mol. The Balaban J connectivity index is 1.80. The highest BCUT2D eigenvalue weighted by atomic mass is 19.3. The number of carbonyl (C=O) groups is 1. The first kappa shape index (κ1) is 13.4. The van der Waals surface area contributed by atoms with Crippen molar-refractivity contribution < 1.29 is 13.6 Å². The maximum atomic E-state index is 14.0. The summed E-state index contributed by atoms with van der Waals surface area (Å²) in [5, 5.41) is 2.69. The van der Waals surface area contributed by atoms with Crippen molar-refractivity contribution in [1.29, 1.82) is 0 Å². The Morgan fingerprint density at radius 3 is 2.85 bits per heavy atom. The van der Waals surface area contributed by atoms with E-state index in [4.69, 9.17) is 0 Å². The lowest BCUT2D eigenvalue weighted by Gasteiger charge is -2.42. The molecule has 0 unspecified atom stereocenters. The fourth-order valence-corrected chi connectivity index (χ4v) is 3.29. The number of likely N-dealkylation sites (tertiary alicyclic amines) is 1. The summed E-state index contributed by atoms with van der Waals surface area (Å²) in [4.78, 5) is 17.8. The molecule has 0 saturated carbocycles. The summed E-state index contributed by atoms with van der Waals surface area (Å²) in [6, 6.07) is 5.44. The molecule has 2 fully saturated rings. The first-order valence-corrected chi connectivity index (χ1v) is 6.78. The molecule has 3 rings (SSSR count). The Labute approximate surface area is 116 Å². The Hall–Kier alpha value is -1.56. The topological polar surface area (TPSA) is 45.2 Å². The SMILES string of the molecule is O=C1NCC[C@@]12CN(Cc1ccccn1)CC(F)(F)C2. The number of pyridine rings is 1. The largest absolute Gasteiger partial charge is 0.356 e. The average molecular weight is 281 g/mol. The van der Waals surface area contributed by atoms with E-state index in [1.807, 2.05) is 12.1 Å². The van der Waals surface area contributed by atoms with Crippen molar-refractivity contribution in [2.45, 2.75) is 25.3 Å². The monoisotopic (exact) mass is 281 g/mol. The second kappa shape index (κ2) is 4.77. The average Bonchev–Trinajstić information content (AvgIpc) is 2.69. The summed E-state index contributed by atoms with van der Waals surface area (Å²) in [5.41, 5.74) is -0.185. The summed E-state index contributed by atoms with van der Waals surface area (Å²) in [6.45, 7) is 0.918. The fourth-order valence-electron chi connectivity index (χ4n) is 3.29. The highest BCUT2D eigenvalue weighted by Crippen LogP contribution is 2.43. The summed E-state index contributed by atoms with van der Waals surface area (Å²) in [5.74, 6) is -3.06. The van der Waals surface area contributed by atoms with E-state index in [9.17, 15) is 13.6 Å². The minimum atomic E-state index is -2.82. The zero-order chi connectivity index (χ0) is 14.2. The molecule has 1 aromatic heterocycles. The van der Waals surface area contributed by atoms with Crippen LogP contribution in [0.4, 0.5) is 8.78 Å². The third-order valence-electron chi connectivity index (χ3n) is 4.06. The van der Waals surface area contributed by atoms with Crippen LogP contribution in [0.3, 0.4) is 0 Å². The van der Waals surface area contributed by atoms with Crippen molar-refractivity contribution in [2.75, 3.05) is 19.6 Å². The van der Waals surface area contributed by atoms with Gasteiger partial charge in [0.1, 0.15) is 0 Å². The number of amides is 1. The van der Waals surface area contributed by atoms with E-state index in [0.29, 0.717) is 26.1 Å². The third kappa shape index (κ3) is 2.52. The van der Waals surface area contributed by atoms with Crippen molar-refractivity contribution in [2.24, 2.45) is 5.41 Å². The zero-order valence-corrected chi connectivity index (χ0v) is 11.1. The van der Waals surface area contributed by atoms with E-state index in [2.05, 4.69) is 10.3 Å². The van der Waals surface area contributed by atoms with E-state index >= 15 is 0 Å². The molecule has 3 heterocycles. The van der Waals surface area contributed by atoms with E-state index in [1.54, 1.807) is 17.2 Å². The molecule has 1 atom stereocenters. The molecule has 20 heavy (non-hydrogen) atoms. The minimum Gasteiger partial charge on any atom is -0.356 e. The van der Waals surface area contributed by atoms with Gasteiger partial charge in [-0.25, -0.2) is 8.78 Å². The first-order chi connectivity index (χ1) is 9.49. The van der Waals surface area contributed by atoms with Gasteiger partial charge in [0, 0.05) is 32.3 Å². The van der Waals surface area contributed by atoms with Gasteiger partial charge < -0.3 is 5.32 Å². The second-order valence-electron chi connectivity index (χ2n) is 5.79. The Kier molecular flexibility index (Phi) is 3.20. The Bertz CT molecular complexity index is 508. The van der Waals surface area contributed by atoms with Gasteiger partial charge in [0.25, 0.3) is 5.92 Å². The van der Waals surface area contributed by atoms with Crippen molar-refractivity contribution in [3.8, 4) is 0 Å². The maximum Gasteiger partial charge on any atom is 0.261 e. The molecule has 2 aliphatic rings. The molecule has 4 nitrogen and oxygen atoms in total. The van der Waals surface area contributed by atoms with E-state index < -0.39 is 11.3 Å². The van der Waals surface area contributed by atoms with Crippen LogP contribution < -0.4 is 5.32 Å². The lowest BCUT2D eigenvalue weighted by atomic mass is 9.77. The van der Waals surface area contributed by atoms with Gasteiger partial charge in [-0.2, -0.15) is 0 Å². The van der Waals surface area contributed by atoms with Gasteiger partial charge >= 0.3 is 0 Å². The van der Waals surface area contributed by atoms with E-state index in [-0.39, 0.29) is 18.9 Å². The smallest absolute Gasteiger partial charge is 0.261 e. The van der Waals surface area contributed by atoms with Crippen LogP contribution in [0, 0.1) is 5.41 Å².